The Morgan fingerprint density at radius 2 is 2.00 bits per heavy atom. The van der Waals surface area contributed by atoms with E-state index in [2.05, 4.69) is 10.3 Å². The molecule has 2 amide bonds. The van der Waals surface area contributed by atoms with E-state index >= 15 is 0 Å². The first-order chi connectivity index (χ1) is 13.1. The van der Waals surface area contributed by atoms with Crippen molar-refractivity contribution in [3.05, 3.63) is 59.4 Å². The number of pyridine rings is 1. The molecule has 1 N–H and O–H groups in total. The van der Waals surface area contributed by atoms with Crippen molar-refractivity contribution in [2.24, 2.45) is 0 Å². The van der Waals surface area contributed by atoms with Crippen molar-refractivity contribution in [2.75, 3.05) is 4.90 Å². The first-order valence-corrected chi connectivity index (χ1v) is 9.78. The second kappa shape index (κ2) is 7.51. The maximum atomic E-state index is 13.0. The number of aryl methyl sites for hydroxylation is 1. The lowest BCUT2D eigenvalue weighted by Gasteiger charge is -2.27. The lowest BCUT2D eigenvalue weighted by molar-refractivity contribution is -0.122. The predicted molar refractivity (Wildman–Crippen MR) is 105 cm³/mol. The number of aromatic nitrogens is 1. The molecule has 5 nitrogen and oxygen atoms in total. The van der Waals surface area contributed by atoms with Crippen LogP contribution in [0.15, 0.2) is 42.6 Å². The molecule has 0 spiro atoms. The summed E-state index contributed by atoms with van der Waals surface area (Å²) < 4.78 is 0. The number of anilines is 1. The Labute approximate surface area is 159 Å². The quantitative estimate of drug-likeness (QED) is 0.895. The van der Waals surface area contributed by atoms with Crippen molar-refractivity contribution >= 4 is 17.5 Å². The molecule has 1 aromatic carbocycles. The van der Waals surface area contributed by atoms with E-state index in [0.29, 0.717) is 11.3 Å². The third-order valence-corrected chi connectivity index (χ3v) is 5.54. The van der Waals surface area contributed by atoms with E-state index in [4.69, 9.17) is 0 Å². The Bertz CT molecular complexity index is 858. The van der Waals surface area contributed by atoms with E-state index in [1.165, 1.54) is 19.3 Å². The Hall–Kier alpha value is -2.69. The highest BCUT2D eigenvalue weighted by Crippen LogP contribution is 2.38. The number of amides is 2. The van der Waals surface area contributed by atoms with Gasteiger partial charge in [0.15, 0.2) is 0 Å². The Balaban J connectivity index is 1.60. The van der Waals surface area contributed by atoms with Gasteiger partial charge >= 0.3 is 0 Å². The van der Waals surface area contributed by atoms with Gasteiger partial charge < -0.3 is 5.32 Å². The highest BCUT2D eigenvalue weighted by molar-refractivity contribution is 6.11. The molecular formula is C22H25N3O2. The SMILES string of the molecule is Cc1cccc(N2C(=O)c3cccnc3[C@@H]2CC(=O)NC2CCCCC2)c1. The molecule has 0 unspecified atom stereocenters. The number of nitrogens with one attached hydrogen (secondary N) is 1. The molecule has 0 radical (unpaired) electrons. The molecule has 1 aromatic heterocycles. The molecule has 1 aliphatic carbocycles. The maximum Gasteiger partial charge on any atom is 0.260 e. The number of rotatable bonds is 4. The second-order valence-electron chi connectivity index (χ2n) is 7.57. The van der Waals surface area contributed by atoms with E-state index in [9.17, 15) is 9.59 Å². The highest BCUT2D eigenvalue weighted by Gasteiger charge is 2.40. The Morgan fingerprint density at radius 3 is 2.78 bits per heavy atom. The lowest BCUT2D eigenvalue weighted by Crippen LogP contribution is -2.39. The van der Waals surface area contributed by atoms with Crippen LogP contribution < -0.4 is 10.2 Å². The minimum atomic E-state index is -0.362. The first-order valence-electron chi connectivity index (χ1n) is 9.78. The Kier molecular flexibility index (Phi) is 4.92. The third-order valence-electron chi connectivity index (χ3n) is 5.54. The normalized spacial score (nSPS) is 19.8. The number of carbonyl (C=O) groups excluding carboxylic acids is 2. The largest absolute Gasteiger partial charge is 0.353 e. The molecule has 2 aliphatic rings. The second-order valence-corrected chi connectivity index (χ2v) is 7.57. The summed E-state index contributed by atoms with van der Waals surface area (Å²) in [5, 5.41) is 3.17. The van der Waals surface area contributed by atoms with Gasteiger partial charge in [-0.1, -0.05) is 31.4 Å². The monoisotopic (exact) mass is 363 g/mol. The number of benzene rings is 1. The average molecular weight is 363 g/mol. The molecule has 0 bridgehead atoms. The number of hydrogen-bond donors (Lipinski definition) is 1. The Morgan fingerprint density at radius 1 is 1.19 bits per heavy atom. The summed E-state index contributed by atoms with van der Waals surface area (Å²) in [6, 6.07) is 11.3. The van der Waals surface area contributed by atoms with Crippen LogP contribution in [0, 0.1) is 6.92 Å². The average Bonchev–Trinajstić information content (AvgIpc) is 2.95. The molecule has 1 saturated carbocycles. The van der Waals surface area contributed by atoms with Crippen LogP contribution in [0.25, 0.3) is 0 Å². The molecule has 1 aliphatic heterocycles. The summed E-state index contributed by atoms with van der Waals surface area (Å²) in [6.07, 6.45) is 7.62. The molecule has 140 valence electrons. The summed E-state index contributed by atoms with van der Waals surface area (Å²) in [6.45, 7) is 2.00. The summed E-state index contributed by atoms with van der Waals surface area (Å²) >= 11 is 0. The zero-order chi connectivity index (χ0) is 18.8. The van der Waals surface area contributed by atoms with Crippen LogP contribution in [-0.2, 0) is 4.79 Å². The number of hydrogen-bond acceptors (Lipinski definition) is 3. The summed E-state index contributed by atoms with van der Waals surface area (Å²) in [4.78, 5) is 32.0. The molecule has 1 fully saturated rings. The van der Waals surface area contributed by atoms with Gasteiger partial charge in [-0.2, -0.15) is 0 Å². The van der Waals surface area contributed by atoms with Crippen molar-refractivity contribution in [1.82, 2.24) is 10.3 Å². The van der Waals surface area contributed by atoms with Gasteiger partial charge in [-0.15, -0.1) is 0 Å². The summed E-state index contributed by atoms with van der Waals surface area (Å²) in [5.74, 6) is -0.0879. The maximum absolute atomic E-state index is 13.0. The number of nitrogens with zero attached hydrogens (tertiary/aromatic N) is 2. The van der Waals surface area contributed by atoms with Gasteiger partial charge in [0.2, 0.25) is 5.91 Å². The van der Waals surface area contributed by atoms with Crippen LogP contribution in [0.3, 0.4) is 0 Å². The molecule has 1 atom stereocenters. The number of fused-ring (bicyclic) bond motifs is 1. The van der Waals surface area contributed by atoms with Crippen molar-refractivity contribution in [1.29, 1.82) is 0 Å². The van der Waals surface area contributed by atoms with Crippen LogP contribution in [0.2, 0.25) is 0 Å². The molecule has 27 heavy (non-hydrogen) atoms. The van der Waals surface area contributed by atoms with Crippen molar-refractivity contribution in [3.63, 3.8) is 0 Å². The van der Waals surface area contributed by atoms with Crippen molar-refractivity contribution < 1.29 is 9.59 Å². The predicted octanol–water partition coefficient (Wildman–Crippen LogP) is 3.93. The standard InChI is InChI=1S/C22H25N3O2/c1-15-7-5-10-17(13-15)25-19(21-18(22(25)27)11-6-12-23-21)14-20(26)24-16-8-3-2-4-9-16/h5-7,10-13,16,19H,2-4,8-9,14H2,1H3,(H,24,26)/t19-/m0/s1. The summed E-state index contributed by atoms with van der Waals surface area (Å²) in [7, 11) is 0. The summed E-state index contributed by atoms with van der Waals surface area (Å²) in [5.41, 5.74) is 3.18. The van der Waals surface area contributed by atoms with E-state index in [1.54, 1.807) is 23.2 Å². The highest BCUT2D eigenvalue weighted by atomic mass is 16.2. The zero-order valence-electron chi connectivity index (χ0n) is 15.6. The van der Waals surface area contributed by atoms with Crippen LogP contribution in [0.5, 0.6) is 0 Å². The molecular weight excluding hydrogens is 338 g/mol. The van der Waals surface area contributed by atoms with E-state index in [-0.39, 0.29) is 30.3 Å². The van der Waals surface area contributed by atoms with Gasteiger partial charge in [-0.3, -0.25) is 19.5 Å². The van der Waals surface area contributed by atoms with Crippen LogP contribution in [-0.4, -0.2) is 22.8 Å². The van der Waals surface area contributed by atoms with E-state index < -0.39 is 0 Å². The van der Waals surface area contributed by atoms with Gasteiger partial charge in [0.1, 0.15) is 0 Å². The van der Waals surface area contributed by atoms with Crippen molar-refractivity contribution in [2.45, 2.75) is 57.5 Å². The van der Waals surface area contributed by atoms with E-state index in [1.807, 2.05) is 31.2 Å². The van der Waals surface area contributed by atoms with Gasteiger partial charge in [0.05, 0.1) is 23.7 Å². The third kappa shape index (κ3) is 3.59. The fourth-order valence-corrected chi connectivity index (χ4v) is 4.23. The molecule has 2 aromatic rings. The minimum Gasteiger partial charge on any atom is -0.353 e. The van der Waals surface area contributed by atoms with E-state index in [0.717, 1.165) is 24.1 Å². The smallest absolute Gasteiger partial charge is 0.260 e. The van der Waals surface area contributed by atoms with Crippen molar-refractivity contribution in [3.8, 4) is 0 Å². The van der Waals surface area contributed by atoms with Gasteiger partial charge in [0, 0.05) is 17.9 Å². The van der Waals surface area contributed by atoms with Gasteiger partial charge in [-0.25, -0.2) is 0 Å². The van der Waals surface area contributed by atoms with Crippen LogP contribution in [0.1, 0.15) is 66.2 Å². The topological polar surface area (TPSA) is 62.3 Å². The fraction of sp³-hybridized carbons (Fsp3) is 0.409. The zero-order valence-corrected chi connectivity index (χ0v) is 15.6. The minimum absolute atomic E-state index is 0.00384. The van der Waals surface area contributed by atoms with Crippen LogP contribution >= 0.6 is 0 Å². The number of carbonyl (C=O) groups is 2. The molecule has 4 rings (SSSR count). The fourth-order valence-electron chi connectivity index (χ4n) is 4.23. The molecule has 0 saturated heterocycles. The lowest BCUT2D eigenvalue weighted by atomic mass is 9.95. The van der Waals surface area contributed by atoms with Crippen LogP contribution in [0.4, 0.5) is 5.69 Å². The van der Waals surface area contributed by atoms with Gasteiger partial charge in [-0.05, 0) is 49.6 Å². The first kappa shape index (κ1) is 17.7. The van der Waals surface area contributed by atoms with Gasteiger partial charge in [0.25, 0.3) is 5.91 Å². The molecule has 2 heterocycles. The molecule has 5 heteroatoms.